The highest BCUT2D eigenvalue weighted by atomic mass is 32.2. The second kappa shape index (κ2) is 7.66. The van der Waals surface area contributed by atoms with Crippen LogP contribution in [-0.2, 0) is 16.6 Å². The van der Waals surface area contributed by atoms with Gasteiger partial charge in [0.05, 0.1) is 4.90 Å². The van der Waals surface area contributed by atoms with Gasteiger partial charge in [-0.25, -0.2) is 13.6 Å². The van der Waals surface area contributed by atoms with Gasteiger partial charge < -0.3 is 5.32 Å². The number of nitrogens with two attached hydrogens (primary N) is 1. The first-order valence-corrected chi connectivity index (χ1v) is 10.1. The molecule has 0 radical (unpaired) electrons. The van der Waals surface area contributed by atoms with Crippen molar-refractivity contribution in [1.29, 1.82) is 0 Å². The zero-order valence-electron chi connectivity index (χ0n) is 14.5. The maximum atomic E-state index is 12.0. The molecule has 1 fully saturated rings. The lowest BCUT2D eigenvalue weighted by atomic mass is 9.92. The molecule has 1 unspecified atom stereocenters. The molecule has 0 saturated carbocycles. The molecule has 3 N–H and O–H groups in total. The summed E-state index contributed by atoms with van der Waals surface area (Å²) >= 11 is 0. The van der Waals surface area contributed by atoms with Crippen LogP contribution < -0.4 is 10.5 Å². The summed E-state index contributed by atoms with van der Waals surface area (Å²) in [6.45, 7) is 6.82. The zero-order valence-corrected chi connectivity index (χ0v) is 15.3. The summed E-state index contributed by atoms with van der Waals surface area (Å²) in [7, 11) is -3.76. The van der Waals surface area contributed by atoms with Crippen LogP contribution in [0.25, 0.3) is 0 Å². The molecular formula is C19H25N3O2S. The Balaban J connectivity index is 1.96. The van der Waals surface area contributed by atoms with E-state index in [4.69, 9.17) is 5.14 Å². The third-order valence-corrected chi connectivity index (χ3v) is 5.75. The number of rotatable bonds is 5. The van der Waals surface area contributed by atoms with Crippen molar-refractivity contribution in [2.45, 2.75) is 24.3 Å². The van der Waals surface area contributed by atoms with Crippen LogP contribution in [0, 0.1) is 0 Å². The van der Waals surface area contributed by atoms with Crippen molar-refractivity contribution in [2.24, 2.45) is 5.14 Å². The van der Waals surface area contributed by atoms with Gasteiger partial charge in [0.1, 0.15) is 0 Å². The van der Waals surface area contributed by atoms with Gasteiger partial charge in [-0.1, -0.05) is 49.4 Å². The Morgan fingerprint density at radius 1 is 1.12 bits per heavy atom. The summed E-state index contributed by atoms with van der Waals surface area (Å²) in [6, 6.07) is 15.4. The van der Waals surface area contributed by atoms with Crippen LogP contribution in [0.5, 0.6) is 0 Å². The summed E-state index contributed by atoms with van der Waals surface area (Å²) in [5.41, 5.74) is 2.96. The van der Waals surface area contributed by atoms with Crippen molar-refractivity contribution in [3.63, 3.8) is 0 Å². The molecule has 0 amide bonds. The van der Waals surface area contributed by atoms with Gasteiger partial charge in [0.25, 0.3) is 0 Å². The third-order valence-electron chi connectivity index (χ3n) is 4.76. The molecule has 1 heterocycles. The molecule has 3 rings (SSSR count). The number of nitrogens with zero attached hydrogens (tertiary/aromatic N) is 1. The topological polar surface area (TPSA) is 75.4 Å². The van der Waals surface area contributed by atoms with Crippen LogP contribution in [0.2, 0.25) is 0 Å². The fraction of sp³-hybridized carbons (Fsp3) is 0.368. The molecule has 1 aliphatic heterocycles. The molecule has 5 nitrogen and oxygen atoms in total. The van der Waals surface area contributed by atoms with E-state index in [0.29, 0.717) is 0 Å². The minimum absolute atomic E-state index is 0.0440. The van der Waals surface area contributed by atoms with Crippen LogP contribution in [0.3, 0.4) is 0 Å². The summed E-state index contributed by atoms with van der Waals surface area (Å²) in [5, 5.41) is 8.80. The number of nitrogens with one attached hydrogen (secondary N) is 1. The van der Waals surface area contributed by atoms with Crippen LogP contribution in [0.4, 0.5) is 0 Å². The summed E-state index contributed by atoms with van der Waals surface area (Å²) in [5.74, 6) is -0.0440. The molecule has 0 spiro atoms. The van der Waals surface area contributed by atoms with E-state index in [1.54, 1.807) is 6.07 Å². The largest absolute Gasteiger partial charge is 0.314 e. The molecule has 6 heteroatoms. The third kappa shape index (κ3) is 4.46. The van der Waals surface area contributed by atoms with Crippen molar-refractivity contribution in [3.8, 4) is 0 Å². The van der Waals surface area contributed by atoms with Gasteiger partial charge in [-0.05, 0) is 22.8 Å². The number of piperazine rings is 1. The van der Waals surface area contributed by atoms with Crippen LogP contribution >= 0.6 is 0 Å². The number of hydrogen-bond donors (Lipinski definition) is 2. The lowest BCUT2D eigenvalue weighted by Crippen LogP contribution is -2.42. The maximum absolute atomic E-state index is 12.0. The SMILES string of the molecule is CC(c1ccccc1)c1cc(CN2CCNCC2)ccc1S(N)(=O)=O. The van der Waals surface area contributed by atoms with E-state index >= 15 is 0 Å². The predicted octanol–water partition coefficient (Wildman–Crippen LogP) is 1.89. The Kier molecular flexibility index (Phi) is 5.54. The summed E-state index contributed by atoms with van der Waals surface area (Å²) < 4.78 is 24.1. The molecule has 0 aliphatic carbocycles. The predicted molar refractivity (Wildman–Crippen MR) is 99.9 cm³/mol. The molecule has 2 aromatic carbocycles. The van der Waals surface area contributed by atoms with E-state index in [-0.39, 0.29) is 10.8 Å². The van der Waals surface area contributed by atoms with Gasteiger partial charge in [0.15, 0.2) is 0 Å². The Hall–Kier alpha value is -1.73. The highest BCUT2D eigenvalue weighted by Crippen LogP contribution is 2.30. The average molecular weight is 359 g/mol. The first-order chi connectivity index (χ1) is 11.9. The smallest absolute Gasteiger partial charge is 0.238 e. The first-order valence-electron chi connectivity index (χ1n) is 8.59. The van der Waals surface area contributed by atoms with Gasteiger partial charge in [0.2, 0.25) is 10.0 Å². The Morgan fingerprint density at radius 3 is 2.44 bits per heavy atom. The standard InChI is InChI=1S/C19H25N3O2S/c1-15(17-5-3-2-4-6-17)18-13-16(7-8-19(18)25(20,23)24)14-22-11-9-21-10-12-22/h2-8,13,15,21H,9-12,14H2,1H3,(H2,20,23,24). The fourth-order valence-electron chi connectivity index (χ4n) is 3.34. The molecule has 2 aromatic rings. The molecule has 134 valence electrons. The Morgan fingerprint density at radius 2 is 1.80 bits per heavy atom. The van der Waals surface area contributed by atoms with E-state index in [2.05, 4.69) is 10.2 Å². The van der Waals surface area contributed by atoms with Crippen molar-refractivity contribution < 1.29 is 8.42 Å². The lowest BCUT2D eigenvalue weighted by Gasteiger charge is -2.27. The molecule has 0 bridgehead atoms. The summed E-state index contributed by atoms with van der Waals surface area (Å²) in [6.07, 6.45) is 0. The van der Waals surface area contributed by atoms with Gasteiger partial charge in [-0.2, -0.15) is 0 Å². The van der Waals surface area contributed by atoms with Gasteiger partial charge in [0, 0.05) is 38.6 Å². The molecule has 1 aliphatic rings. The van der Waals surface area contributed by atoms with E-state index in [0.717, 1.165) is 49.4 Å². The van der Waals surface area contributed by atoms with Crippen molar-refractivity contribution in [2.75, 3.05) is 26.2 Å². The van der Waals surface area contributed by atoms with Gasteiger partial charge in [-0.3, -0.25) is 4.90 Å². The molecule has 1 atom stereocenters. The maximum Gasteiger partial charge on any atom is 0.238 e. The number of benzene rings is 2. The van der Waals surface area contributed by atoms with E-state index in [9.17, 15) is 8.42 Å². The van der Waals surface area contributed by atoms with Crippen molar-refractivity contribution >= 4 is 10.0 Å². The second-order valence-electron chi connectivity index (χ2n) is 6.58. The quantitative estimate of drug-likeness (QED) is 0.855. The number of hydrogen-bond acceptors (Lipinski definition) is 4. The Bertz CT molecular complexity index is 816. The molecule has 1 saturated heterocycles. The fourth-order valence-corrected chi connectivity index (χ4v) is 4.16. The normalized spacial score (nSPS) is 17.4. The molecule has 25 heavy (non-hydrogen) atoms. The molecule has 0 aromatic heterocycles. The van der Waals surface area contributed by atoms with E-state index in [1.165, 1.54) is 0 Å². The first kappa shape index (κ1) is 18.1. The van der Waals surface area contributed by atoms with Crippen LogP contribution in [0.15, 0.2) is 53.4 Å². The van der Waals surface area contributed by atoms with Crippen LogP contribution in [0.1, 0.15) is 29.5 Å². The minimum atomic E-state index is -3.76. The highest BCUT2D eigenvalue weighted by Gasteiger charge is 2.21. The van der Waals surface area contributed by atoms with Crippen molar-refractivity contribution in [1.82, 2.24) is 10.2 Å². The zero-order chi connectivity index (χ0) is 17.9. The van der Waals surface area contributed by atoms with Crippen molar-refractivity contribution in [3.05, 3.63) is 65.2 Å². The highest BCUT2D eigenvalue weighted by molar-refractivity contribution is 7.89. The monoisotopic (exact) mass is 359 g/mol. The minimum Gasteiger partial charge on any atom is -0.314 e. The van der Waals surface area contributed by atoms with Gasteiger partial charge >= 0.3 is 0 Å². The second-order valence-corrected chi connectivity index (χ2v) is 8.11. The number of primary sulfonamides is 1. The van der Waals surface area contributed by atoms with Crippen LogP contribution in [-0.4, -0.2) is 39.5 Å². The Labute approximate surface area is 149 Å². The summed E-state index contributed by atoms with van der Waals surface area (Å²) in [4.78, 5) is 2.59. The molecular weight excluding hydrogens is 334 g/mol. The van der Waals surface area contributed by atoms with E-state index < -0.39 is 10.0 Å². The number of sulfonamides is 1. The van der Waals surface area contributed by atoms with Gasteiger partial charge in [-0.15, -0.1) is 0 Å². The van der Waals surface area contributed by atoms with E-state index in [1.807, 2.05) is 49.4 Å². The average Bonchev–Trinajstić information content (AvgIpc) is 2.62. The lowest BCUT2D eigenvalue weighted by molar-refractivity contribution is 0.233.